The van der Waals surface area contributed by atoms with Gasteiger partial charge in [-0.1, -0.05) is 0 Å². The molecule has 0 aromatic carbocycles. The van der Waals surface area contributed by atoms with Gasteiger partial charge >= 0.3 is 6.09 Å². The maximum Gasteiger partial charge on any atom is 0.407 e. The van der Waals surface area contributed by atoms with Gasteiger partial charge in [-0.05, 0) is 12.8 Å². The second-order valence-electron chi connectivity index (χ2n) is 3.09. The summed E-state index contributed by atoms with van der Waals surface area (Å²) in [5.41, 5.74) is 0. The molecule has 13 heavy (non-hydrogen) atoms. The van der Waals surface area contributed by atoms with Crippen LogP contribution in [-0.4, -0.2) is 53.6 Å². The van der Waals surface area contributed by atoms with Crippen molar-refractivity contribution in [2.45, 2.75) is 18.9 Å². The van der Waals surface area contributed by atoms with Crippen LogP contribution in [-0.2, 0) is 4.74 Å². The summed E-state index contributed by atoms with van der Waals surface area (Å²) in [5, 5.41) is 17.2. The van der Waals surface area contributed by atoms with E-state index >= 15 is 0 Å². The first-order valence-electron chi connectivity index (χ1n) is 4.44. The molecule has 0 aromatic heterocycles. The van der Waals surface area contributed by atoms with Gasteiger partial charge in [-0.3, -0.25) is 0 Å². The zero-order valence-electron chi connectivity index (χ0n) is 7.48. The van der Waals surface area contributed by atoms with Crippen LogP contribution in [0.4, 0.5) is 4.79 Å². The number of amides is 1. The van der Waals surface area contributed by atoms with Gasteiger partial charge < -0.3 is 19.8 Å². The molecule has 1 unspecified atom stereocenters. The first kappa shape index (κ1) is 10.3. The lowest BCUT2D eigenvalue weighted by Gasteiger charge is -2.30. The third kappa shape index (κ3) is 3.20. The molecule has 0 spiro atoms. The second kappa shape index (κ2) is 5.04. The molecule has 1 amide bonds. The average molecular weight is 189 g/mol. The molecule has 1 atom stereocenters. The monoisotopic (exact) mass is 189 g/mol. The Bertz CT molecular complexity index is 174. The molecule has 0 aliphatic carbocycles. The fraction of sp³-hybridized carbons (Fsp3) is 0.875. The Balaban J connectivity index is 2.29. The number of carbonyl (C=O) groups is 1. The Labute approximate surface area is 76.9 Å². The number of aliphatic hydroxyl groups excluding tert-OH is 1. The highest BCUT2D eigenvalue weighted by molar-refractivity contribution is 5.65. The number of aliphatic hydroxyl groups is 1. The lowest BCUT2D eigenvalue weighted by atomic mass is 10.1. The molecule has 1 heterocycles. The van der Waals surface area contributed by atoms with Crippen LogP contribution >= 0.6 is 0 Å². The molecule has 0 bridgehead atoms. The van der Waals surface area contributed by atoms with Crippen molar-refractivity contribution < 1.29 is 19.7 Å². The Hall–Kier alpha value is -0.810. The summed E-state index contributed by atoms with van der Waals surface area (Å²) in [6, 6.07) is 0. The highest BCUT2D eigenvalue weighted by atomic mass is 16.5. The summed E-state index contributed by atoms with van der Waals surface area (Å²) < 4.78 is 5.26. The van der Waals surface area contributed by atoms with Gasteiger partial charge in [0, 0.05) is 6.54 Å². The number of hydrogen-bond acceptors (Lipinski definition) is 3. The third-order valence-electron chi connectivity index (χ3n) is 2.09. The maximum atomic E-state index is 10.6. The van der Waals surface area contributed by atoms with Crippen LogP contribution in [0.2, 0.25) is 0 Å². The van der Waals surface area contributed by atoms with Crippen LogP contribution in [0.25, 0.3) is 0 Å². The standard InChI is InChI=1S/C8H15NO4/c10-4-5-13-7-2-1-3-9(6-7)8(11)12/h7,10H,1-6H2,(H,11,12). The van der Waals surface area contributed by atoms with Crippen LogP contribution in [0.1, 0.15) is 12.8 Å². The molecular weight excluding hydrogens is 174 g/mol. The predicted molar refractivity (Wildman–Crippen MR) is 45.7 cm³/mol. The summed E-state index contributed by atoms with van der Waals surface area (Å²) in [6.07, 6.45) is 0.779. The number of carboxylic acid groups (broad SMARTS) is 1. The van der Waals surface area contributed by atoms with Crippen molar-refractivity contribution in [1.82, 2.24) is 4.90 Å². The van der Waals surface area contributed by atoms with E-state index in [4.69, 9.17) is 14.9 Å². The van der Waals surface area contributed by atoms with E-state index in [1.807, 2.05) is 0 Å². The lowest BCUT2D eigenvalue weighted by molar-refractivity contribution is -0.0107. The van der Waals surface area contributed by atoms with Gasteiger partial charge in [0.05, 0.1) is 25.9 Å². The smallest absolute Gasteiger partial charge is 0.407 e. The largest absolute Gasteiger partial charge is 0.465 e. The topological polar surface area (TPSA) is 70.0 Å². The zero-order chi connectivity index (χ0) is 9.68. The SMILES string of the molecule is O=C(O)N1CCCC(OCCO)C1. The van der Waals surface area contributed by atoms with Gasteiger partial charge in [-0.25, -0.2) is 4.79 Å². The molecule has 0 radical (unpaired) electrons. The van der Waals surface area contributed by atoms with Gasteiger partial charge in [-0.2, -0.15) is 0 Å². The highest BCUT2D eigenvalue weighted by Crippen LogP contribution is 2.12. The van der Waals surface area contributed by atoms with E-state index in [0.29, 0.717) is 13.1 Å². The van der Waals surface area contributed by atoms with E-state index in [1.165, 1.54) is 4.90 Å². The van der Waals surface area contributed by atoms with Gasteiger partial charge in [0.2, 0.25) is 0 Å². The van der Waals surface area contributed by atoms with Crippen LogP contribution in [0.3, 0.4) is 0 Å². The normalized spacial score (nSPS) is 23.2. The summed E-state index contributed by atoms with van der Waals surface area (Å²) in [5.74, 6) is 0. The van der Waals surface area contributed by atoms with E-state index in [1.54, 1.807) is 0 Å². The quantitative estimate of drug-likeness (QED) is 0.662. The first-order chi connectivity index (χ1) is 6.24. The fourth-order valence-electron chi connectivity index (χ4n) is 1.47. The molecule has 2 N–H and O–H groups in total. The van der Waals surface area contributed by atoms with Crippen molar-refractivity contribution in [3.05, 3.63) is 0 Å². The number of piperidine rings is 1. The Morgan fingerprint density at radius 1 is 1.62 bits per heavy atom. The third-order valence-corrected chi connectivity index (χ3v) is 2.09. The number of ether oxygens (including phenoxy) is 1. The summed E-state index contributed by atoms with van der Waals surface area (Å²) in [6.45, 7) is 1.30. The van der Waals surface area contributed by atoms with E-state index in [2.05, 4.69) is 0 Å². The lowest BCUT2D eigenvalue weighted by Crippen LogP contribution is -2.42. The fourth-order valence-corrected chi connectivity index (χ4v) is 1.47. The Morgan fingerprint density at radius 2 is 2.38 bits per heavy atom. The van der Waals surface area contributed by atoms with E-state index in [9.17, 15) is 4.79 Å². The molecule has 0 saturated carbocycles. The molecule has 1 aliphatic heterocycles. The predicted octanol–water partition coefficient (Wildman–Crippen LogP) is 0.138. The molecule has 0 aromatic rings. The summed E-state index contributed by atoms with van der Waals surface area (Å²) in [4.78, 5) is 11.9. The first-order valence-corrected chi connectivity index (χ1v) is 4.44. The number of likely N-dealkylation sites (tertiary alicyclic amines) is 1. The van der Waals surface area contributed by atoms with Gasteiger partial charge in [0.1, 0.15) is 0 Å². The number of hydrogen-bond donors (Lipinski definition) is 2. The van der Waals surface area contributed by atoms with E-state index in [0.717, 1.165) is 12.8 Å². The molecule has 1 saturated heterocycles. The highest BCUT2D eigenvalue weighted by Gasteiger charge is 2.23. The minimum absolute atomic E-state index is 0.0103. The van der Waals surface area contributed by atoms with Crippen molar-refractivity contribution in [3.8, 4) is 0 Å². The van der Waals surface area contributed by atoms with Gasteiger partial charge in [-0.15, -0.1) is 0 Å². The van der Waals surface area contributed by atoms with Crippen LogP contribution in [0, 0.1) is 0 Å². The number of rotatable bonds is 3. The average Bonchev–Trinajstić information content (AvgIpc) is 2.15. The molecule has 5 heteroatoms. The second-order valence-corrected chi connectivity index (χ2v) is 3.09. The van der Waals surface area contributed by atoms with E-state index < -0.39 is 6.09 Å². The van der Waals surface area contributed by atoms with Crippen molar-refractivity contribution in [3.63, 3.8) is 0 Å². The van der Waals surface area contributed by atoms with E-state index in [-0.39, 0.29) is 19.3 Å². The minimum Gasteiger partial charge on any atom is -0.465 e. The molecule has 1 aliphatic rings. The molecular formula is C8H15NO4. The molecule has 5 nitrogen and oxygen atoms in total. The molecule has 76 valence electrons. The van der Waals surface area contributed by atoms with Gasteiger partial charge in [0.25, 0.3) is 0 Å². The van der Waals surface area contributed by atoms with Gasteiger partial charge in [0.15, 0.2) is 0 Å². The Kier molecular flexibility index (Phi) is 3.98. The van der Waals surface area contributed by atoms with Crippen molar-refractivity contribution in [2.75, 3.05) is 26.3 Å². The van der Waals surface area contributed by atoms with Crippen molar-refractivity contribution >= 4 is 6.09 Å². The zero-order valence-corrected chi connectivity index (χ0v) is 7.48. The Morgan fingerprint density at radius 3 is 3.00 bits per heavy atom. The minimum atomic E-state index is -0.891. The van der Waals surface area contributed by atoms with Crippen molar-refractivity contribution in [1.29, 1.82) is 0 Å². The van der Waals surface area contributed by atoms with Crippen LogP contribution < -0.4 is 0 Å². The summed E-state index contributed by atoms with van der Waals surface area (Å²) >= 11 is 0. The van der Waals surface area contributed by atoms with Crippen LogP contribution in [0.5, 0.6) is 0 Å². The van der Waals surface area contributed by atoms with Crippen molar-refractivity contribution in [2.24, 2.45) is 0 Å². The maximum absolute atomic E-state index is 10.6. The summed E-state index contributed by atoms with van der Waals surface area (Å²) in [7, 11) is 0. The number of nitrogens with zero attached hydrogens (tertiary/aromatic N) is 1. The van der Waals surface area contributed by atoms with Crippen LogP contribution in [0.15, 0.2) is 0 Å². The molecule has 1 fully saturated rings. The molecule has 1 rings (SSSR count).